The Hall–Kier alpha value is -1.43. The molecule has 2 unspecified atom stereocenters. The maximum atomic E-state index is 12.8. The summed E-state index contributed by atoms with van der Waals surface area (Å²) in [4.78, 5) is 18.6. The largest absolute Gasteiger partial charge is 0.337 e. The minimum Gasteiger partial charge on any atom is -0.337 e. The molecule has 2 rings (SSSR count). The number of amides is 1. The molecule has 1 aromatic heterocycles. The Morgan fingerprint density at radius 3 is 2.59 bits per heavy atom. The summed E-state index contributed by atoms with van der Waals surface area (Å²) in [6.07, 6.45) is 5.54. The van der Waals surface area contributed by atoms with Crippen LogP contribution in [0.25, 0.3) is 0 Å². The van der Waals surface area contributed by atoms with Gasteiger partial charge in [0.1, 0.15) is 9.84 Å². The predicted octanol–water partition coefficient (Wildman–Crippen LogP) is 1.86. The van der Waals surface area contributed by atoms with Crippen molar-refractivity contribution in [3.63, 3.8) is 0 Å². The molecule has 0 bridgehead atoms. The normalized spacial score (nSPS) is 21.5. The molecule has 2 atom stereocenters. The molecule has 1 saturated carbocycles. The molecule has 0 radical (unpaired) electrons. The van der Waals surface area contributed by atoms with Crippen LogP contribution in [0.2, 0.25) is 0 Å². The third-order valence-corrected chi connectivity index (χ3v) is 4.91. The molecule has 1 aromatic rings. The molecular weight excluding hydrogens is 300 g/mol. The Labute approximate surface area is 132 Å². The fourth-order valence-corrected chi connectivity index (χ4v) is 3.18. The Kier molecular flexibility index (Phi) is 4.61. The molecule has 0 N–H and O–H groups in total. The Bertz CT molecular complexity index is 635. The molecule has 122 valence electrons. The maximum absolute atomic E-state index is 12.8. The van der Waals surface area contributed by atoms with Gasteiger partial charge in [-0.3, -0.25) is 9.78 Å². The lowest BCUT2D eigenvalue weighted by atomic mass is 10.0. The van der Waals surface area contributed by atoms with Crippen molar-refractivity contribution in [1.29, 1.82) is 0 Å². The van der Waals surface area contributed by atoms with E-state index >= 15 is 0 Å². The summed E-state index contributed by atoms with van der Waals surface area (Å²) in [5.41, 5.74) is 0.696. The quantitative estimate of drug-likeness (QED) is 0.829. The molecule has 0 spiro atoms. The van der Waals surface area contributed by atoms with Gasteiger partial charge in [0.25, 0.3) is 0 Å². The highest BCUT2D eigenvalue weighted by Gasteiger charge is 2.47. The highest BCUT2D eigenvalue weighted by molar-refractivity contribution is 7.90. The highest BCUT2D eigenvalue weighted by atomic mass is 32.2. The van der Waals surface area contributed by atoms with Crippen LogP contribution in [0.4, 0.5) is 0 Å². The molecule has 1 fully saturated rings. The van der Waals surface area contributed by atoms with E-state index in [1.165, 1.54) is 6.26 Å². The standard InChI is InChI=1S/C16H24N2O3S/c1-16(2,3)18(8-9-22(4,20)21)15(19)14-10-13(14)12-6-5-7-17-11-12/h5-7,11,13-14H,8-10H2,1-4H3. The van der Waals surface area contributed by atoms with E-state index in [9.17, 15) is 13.2 Å². The summed E-state index contributed by atoms with van der Waals surface area (Å²) >= 11 is 0. The SMILES string of the molecule is CC(C)(C)N(CCS(C)(=O)=O)C(=O)C1CC1c1cccnc1. The lowest BCUT2D eigenvalue weighted by Gasteiger charge is -2.36. The van der Waals surface area contributed by atoms with E-state index in [4.69, 9.17) is 0 Å². The zero-order valence-corrected chi connectivity index (χ0v) is 14.4. The molecule has 22 heavy (non-hydrogen) atoms. The Morgan fingerprint density at radius 2 is 2.09 bits per heavy atom. The van der Waals surface area contributed by atoms with Gasteiger partial charge < -0.3 is 4.90 Å². The van der Waals surface area contributed by atoms with Crippen molar-refractivity contribution in [3.8, 4) is 0 Å². The van der Waals surface area contributed by atoms with Gasteiger partial charge in [-0.15, -0.1) is 0 Å². The van der Waals surface area contributed by atoms with Crippen LogP contribution in [0, 0.1) is 5.92 Å². The fourth-order valence-electron chi connectivity index (χ4n) is 2.67. The third kappa shape index (κ3) is 4.29. The molecular formula is C16H24N2O3S. The molecule has 1 amide bonds. The van der Waals surface area contributed by atoms with Gasteiger partial charge in [-0.25, -0.2) is 8.42 Å². The van der Waals surface area contributed by atoms with Gasteiger partial charge in [-0.05, 0) is 44.7 Å². The first-order valence-electron chi connectivity index (χ1n) is 7.49. The number of carbonyl (C=O) groups is 1. The molecule has 6 heteroatoms. The van der Waals surface area contributed by atoms with Gasteiger partial charge in [0.05, 0.1) is 5.75 Å². The number of hydrogen-bond acceptors (Lipinski definition) is 4. The smallest absolute Gasteiger partial charge is 0.226 e. The number of hydrogen-bond donors (Lipinski definition) is 0. The van der Waals surface area contributed by atoms with Crippen LogP contribution in [0.3, 0.4) is 0 Å². The van der Waals surface area contributed by atoms with E-state index in [1.54, 1.807) is 17.3 Å². The first kappa shape index (κ1) is 16.9. The van der Waals surface area contributed by atoms with Crippen LogP contribution >= 0.6 is 0 Å². The van der Waals surface area contributed by atoms with Crippen LogP contribution in [-0.2, 0) is 14.6 Å². The number of nitrogens with zero attached hydrogens (tertiary/aromatic N) is 2. The van der Waals surface area contributed by atoms with Gasteiger partial charge in [0.15, 0.2) is 0 Å². The van der Waals surface area contributed by atoms with Crippen molar-refractivity contribution in [2.75, 3.05) is 18.6 Å². The maximum Gasteiger partial charge on any atom is 0.226 e. The molecule has 5 nitrogen and oxygen atoms in total. The number of carbonyl (C=O) groups excluding carboxylic acids is 1. The lowest BCUT2D eigenvalue weighted by Crippen LogP contribution is -2.48. The summed E-state index contributed by atoms with van der Waals surface area (Å²) < 4.78 is 22.8. The van der Waals surface area contributed by atoms with Crippen molar-refractivity contribution >= 4 is 15.7 Å². The number of rotatable bonds is 5. The van der Waals surface area contributed by atoms with Crippen molar-refractivity contribution in [1.82, 2.24) is 9.88 Å². The molecule has 1 heterocycles. The summed E-state index contributed by atoms with van der Waals surface area (Å²) in [6, 6.07) is 3.86. The van der Waals surface area contributed by atoms with Gasteiger partial charge in [-0.2, -0.15) is 0 Å². The summed E-state index contributed by atoms with van der Waals surface area (Å²) in [7, 11) is -3.09. The van der Waals surface area contributed by atoms with E-state index in [0.29, 0.717) is 0 Å². The van der Waals surface area contributed by atoms with Crippen molar-refractivity contribution in [3.05, 3.63) is 30.1 Å². The molecule has 0 aromatic carbocycles. The summed E-state index contributed by atoms with van der Waals surface area (Å²) in [5.74, 6) is 0.206. The lowest BCUT2D eigenvalue weighted by molar-refractivity contribution is -0.137. The number of pyridine rings is 1. The summed E-state index contributed by atoms with van der Waals surface area (Å²) in [5, 5.41) is 0. The predicted molar refractivity (Wildman–Crippen MR) is 86.3 cm³/mol. The second kappa shape index (κ2) is 5.99. The Balaban J connectivity index is 2.08. The third-order valence-electron chi connectivity index (χ3n) is 3.98. The highest BCUT2D eigenvalue weighted by Crippen LogP contribution is 2.48. The zero-order valence-electron chi connectivity index (χ0n) is 13.6. The van der Waals surface area contributed by atoms with Crippen LogP contribution in [-0.4, -0.2) is 48.3 Å². The van der Waals surface area contributed by atoms with Crippen molar-refractivity contribution in [2.24, 2.45) is 5.92 Å². The van der Waals surface area contributed by atoms with Gasteiger partial charge in [-0.1, -0.05) is 6.07 Å². The van der Waals surface area contributed by atoms with Gasteiger partial charge >= 0.3 is 0 Å². The topological polar surface area (TPSA) is 67.3 Å². The van der Waals surface area contributed by atoms with E-state index in [1.807, 2.05) is 32.9 Å². The van der Waals surface area contributed by atoms with Gasteiger partial charge in [0, 0.05) is 36.7 Å². The van der Waals surface area contributed by atoms with Crippen LogP contribution in [0.1, 0.15) is 38.7 Å². The van der Waals surface area contributed by atoms with Crippen LogP contribution in [0.15, 0.2) is 24.5 Å². The average molecular weight is 324 g/mol. The van der Waals surface area contributed by atoms with Crippen LogP contribution < -0.4 is 0 Å². The summed E-state index contributed by atoms with van der Waals surface area (Å²) in [6.45, 7) is 6.06. The minimum atomic E-state index is -3.09. The fraction of sp³-hybridized carbons (Fsp3) is 0.625. The molecule has 0 aliphatic heterocycles. The number of aromatic nitrogens is 1. The molecule has 1 aliphatic carbocycles. The van der Waals surface area contributed by atoms with Crippen molar-refractivity contribution in [2.45, 2.75) is 38.6 Å². The first-order valence-corrected chi connectivity index (χ1v) is 9.55. The molecule has 0 saturated heterocycles. The van der Waals surface area contributed by atoms with E-state index in [-0.39, 0.29) is 35.6 Å². The molecule has 1 aliphatic rings. The van der Waals surface area contributed by atoms with E-state index in [0.717, 1.165) is 12.0 Å². The van der Waals surface area contributed by atoms with Gasteiger partial charge in [0.2, 0.25) is 5.91 Å². The second-order valence-electron chi connectivity index (χ2n) is 7.03. The van der Waals surface area contributed by atoms with E-state index < -0.39 is 9.84 Å². The van der Waals surface area contributed by atoms with Crippen LogP contribution in [0.5, 0.6) is 0 Å². The monoisotopic (exact) mass is 324 g/mol. The van der Waals surface area contributed by atoms with Crippen molar-refractivity contribution < 1.29 is 13.2 Å². The Morgan fingerprint density at radius 1 is 1.41 bits per heavy atom. The second-order valence-corrected chi connectivity index (χ2v) is 9.29. The van der Waals surface area contributed by atoms with E-state index in [2.05, 4.69) is 4.98 Å². The minimum absolute atomic E-state index is 0.000287. The zero-order chi connectivity index (χ0) is 16.5. The first-order chi connectivity index (χ1) is 10.1. The average Bonchev–Trinajstić information content (AvgIpc) is 3.17. The number of sulfone groups is 1.